The summed E-state index contributed by atoms with van der Waals surface area (Å²) in [6, 6.07) is 3.37. The lowest BCUT2D eigenvalue weighted by Gasteiger charge is -2.19. The van der Waals surface area contributed by atoms with E-state index in [1.807, 2.05) is 27.7 Å². The molecule has 0 spiro atoms. The highest BCUT2D eigenvalue weighted by Gasteiger charge is 2.22. The molecule has 0 saturated carbocycles. The predicted molar refractivity (Wildman–Crippen MR) is 116 cm³/mol. The van der Waals surface area contributed by atoms with E-state index in [-0.39, 0.29) is 21.9 Å². The molecule has 160 valence electrons. The minimum absolute atomic E-state index is 0.0487. The number of rotatable bonds is 5. The highest BCUT2D eigenvalue weighted by Crippen LogP contribution is 2.34. The van der Waals surface area contributed by atoms with Crippen LogP contribution < -0.4 is 10.5 Å². The van der Waals surface area contributed by atoms with Crippen LogP contribution in [-0.2, 0) is 15.5 Å². The van der Waals surface area contributed by atoms with Gasteiger partial charge in [-0.25, -0.2) is 18.5 Å². The van der Waals surface area contributed by atoms with Crippen LogP contribution in [0.1, 0.15) is 70.1 Å². The van der Waals surface area contributed by atoms with Crippen LogP contribution in [0.3, 0.4) is 0 Å². The molecule has 2 rings (SSSR count). The van der Waals surface area contributed by atoms with Crippen molar-refractivity contribution in [3.8, 4) is 0 Å². The molecule has 0 fully saturated rings. The average molecular weight is 442 g/mol. The highest BCUT2D eigenvalue weighted by molar-refractivity contribution is 7.93. The van der Waals surface area contributed by atoms with E-state index in [1.54, 1.807) is 19.2 Å². The molecule has 1 aromatic carbocycles. The quantitative estimate of drug-likeness (QED) is 0.587. The molecular formula is C20H28FN3O3S2. The number of urea groups is 1. The van der Waals surface area contributed by atoms with Gasteiger partial charge in [0.1, 0.15) is 10.0 Å². The summed E-state index contributed by atoms with van der Waals surface area (Å²) in [5, 5.41) is 20.2. The number of carbonyl (C=O) groups excluding carboxylic acids is 1. The normalized spacial score (nSPS) is 14.2. The molecule has 0 aliphatic carbocycles. The average Bonchev–Trinajstić information content (AvgIpc) is 3.06. The third-order valence-corrected chi connectivity index (χ3v) is 7.29. The molecule has 0 radical (unpaired) electrons. The monoisotopic (exact) mass is 441 g/mol. The van der Waals surface area contributed by atoms with E-state index < -0.39 is 21.5 Å². The van der Waals surface area contributed by atoms with Gasteiger partial charge in [-0.05, 0) is 66.0 Å². The van der Waals surface area contributed by atoms with Gasteiger partial charge in [-0.3, -0.25) is 0 Å². The van der Waals surface area contributed by atoms with Crippen molar-refractivity contribution in [2.75, 3.05) is 5.32 Å². The number of amides is 2. The Bertz CT molecular complexity index is 1000. The predicted octanol–water partition coefficient (Wildman–Crippen LogP) is 5.29. The molecular weight excluding hydrogens is 413 g/mol. The van der Waals surface area contributed by atoms with E-state index in [1.165, 1.54) is 18.2 Å². The number of thiophene rings is 1. The van der Waals surface area contributed by atoms with Crippen LogP contribution >= 0.6 is 11.3 Å². The number of nitrogens with one attached hydrogen (secondary N) is 1. The van der Waals surface area contributed by atoms with Gasteiger partial charge in [0, 0.05) is 5.69 Å². The van der Waals surface area contributed by atoms with E-state index in [0.717, 1.165) is 11.3 Å². The van der Waals surface area contributed by atoms with Crippen molar-refractivity contribution in [1.82, 2.24) is 0 Å². The molecule has 0 unspecified atom stereocenters. The number of hydrogen-bond acceptors (Lipinski definition) is 4. The Hall–Kier alpha value is -1.81. The fraction of sp³-hybridized carbons (Fsp3) is 0.450. The fourth-order valence-corrected chi connectivity index (χ4v) is 5.07. The maximum absolute atomic E-state index is 14.0. The van der Waals surface area contributed by atoms with Gasteiger partial charge in [0.2, 0.25) is 0 Å². The smallest absolute Gasteiger partial charge is 0.354 e. The first-order valence-corrected chi connectivity index (χ1v) is 11.7. The van der Waals surface area contributed by atoms with Crippen molar-refractivity contribution < 1.29 is 18.5 Å². The molecule has 1 atom stereocenters. The molecule has 0 aliphatic rings. The number of halogens is 1. The first-order chi connectivity index (χ1) is 13.2. The van der Waals surface area contributed by atoms with Crippen LogP contribution in [0.15, 0.2) is 32.2 Å². The number of hydrogen-bond donors (Lipinski definition) is 3. The summed E-state index contributed by atoms with van der Waals surface area (Å²) in [5.74, 6) is -0.479. The third-order valence-electron chi connectivity index (χ3n) is 4.43. The van der Waals surface area contributed by atoms with E-state index in [2.05, 4.69) is 9.68 Å². The molecule has 29 heavy (non-hydrogen) atoms. The molecule has 0 saturated heterocycles. The largest absolute Gasteiger partial charge is 0.386 e. The number of nitrogens with zero attached hydrogens (tertiary/aromatic N) is 1. The van der Waals surface area contributed by atoms with Crippen molar-refractivity contribution in [1.29, 1.82) is 0 Å². The number of carbonyl (C=O) groups is 1. The molecule has 4 N–H and O–H groups in total. The lowest BCUT2D eigenvalue weighted by molar-refractivity contribution is 0.0789. The summed E-state index contributed by atoms with van der Waals surface area (Å²) in [5.41, 5.74) is 1.12. The summed E-state index contributed by atoms with van der Waals surface area (Å²) in [7, 11) is -3.50. The van der Waals surface area contributed by atoms with Crippen LogP contribution in [-0.4, -0.2) is 15.3 Å². The van der Waals surface area contributed by atoms with Crippen LogP contribution in [0, 0.1) is 5.82 Å². The second-order valence-corrected chi connectivity index (χ2v) is 11.0. The summed E-state index contributed by atoms with van der Waals surface area (Å²) >= 11 is 1.07. The number of nitrogens with two attached hydrogens (primary N) is 1. The van der Waals surface area contributed by atoms with Gasteiger partial charge in [0.05, 0.1) is 5.60 Å². The molecule has 0 aliphatic heterocycles. The Labute approximate surface area is 175 Å². The summed E-state index contributed by atoms with van der Waals surface area (Å²) in [6.45, 7) is 10.7. The SMILES string of the molecule is CC(C)c1cc(F)cc(C(C)C)c1NC(=O)N=[S@@](N)(=O)c1cc(C(C)(C)O)cs1. The molecule has 1 aromatic heterocycles. The van der Waals surface area contributed by atoms with Gasteiger partial charge >= 0.3 is 6.03 Å². The lowest BCUT2D eigenvalue weighted by atomic mass is 9.92. The summed E-state index contributed by atoms with van der Waals surface area (Å²) in [4.78, 5) is 12.6. The Balaban J connectivity index is 2.44. The van der Waals surface area contributed by atoms with Gasteiger partial charge in [-0.2, -0.15) is 0 Å². The lowest BCUT2D eigenvalue weighted by Crippen LogP contribution is -2.19. The van der Waals surface area contributed by atoms with Crippen molar-refractivity contribution in [2.45, 2.75) is 63.2 Å². The van der Waals surface area contributed by atoms with Crippen molar-refractivity contribution in [3.63, 3.8) is 0 Å². The third kappa shape index (κ3) is 5.63. The highest BCUT2D eigenvalue weighted by atomic mass is 32.2. The van der Waals surface area contributed by atoms with E-state index in [9.17, 15) is 18.5 Å². The van der Waals surface area contributed by atoms with E-state index >= 15 is 0 Å². The molecule has 6 nitrogen and oxygen atoms in total. The van der Waals surface area contributed by atoms with Crippen molar-refractivity contribution in [3.05, 3.63) is 46.1 Å². The zero-order chi connectivity index (χ0) is 22.1. The van der Waals surface area contributed by atoms with Crippen LogP contribution in [0.2, 0.25) is 0 Å². The van der Waals surface area contributed by atoms with Crippen molar-refractivity contribution in [2.24, 2.45) is 9.50 Å². The summed E-state index contributed by atoms with van der Waals surface area (Å²) < 4.78 is 30.8. The van der Waals surface area contributed by atoms with E-state index in [0.29, 0.717) is 22.4 Å². The van der Waals surface area contributed by atoms with Gasteiger partial charge < -0.3 is 10.4 Å². The number of aliphatic hydroxyl groups is 1. The Morgan fingerprint density at radius 1 is 1.21 bits per heavy atom. The second-order valence-electron chi connectivity index (χ2n) is 8.07. The minimum Gasteiger partial charge on any atom is -0.386 e. The first kappa shape index (κ1) is 23.5. The maximum atomic E-state index is 14.0. The standard InChI is InChI=1S/C20H28FN3O3S2/c1-11(2)15-8-14(21)9-16(12(3)4)18(15)23-19(25)24-29(22,27)17-7-13(10-28-17)20(5,6)26/h7-12,26H,1-6H3,(H3,22,23,24,25,27)/t29-/m1/s1. The summed E-state index contributed by atoms with van der Waals surface area (Å²) in [6.07, 6.45) is 0. The van der Waals surface area contributed by atoms with Gasteiger partial charge in [0.25, 0.3) is 0 Å². The van der Waals surface area contributed by atoms with E-state index in [4.69, 9.17) is 5.14 Å². The molecule has 9 heteroatoms. The molecule has 1 heterocycles. The maximum Gasteiger partial charge on any atom is 0.354 e. The second kappa shape index (κ2) is 8.51. The van der Waals surface area contributed by atoms with Crippen LogP contribution in [0.4, 0.5) is 14.9 Å². The minimum atomic E-state index is -3.50. The van der Waals surface area contributed by atoms with Gasteiger partial charge in [-0.1, -0.05) is 27.7 Å². The zero-order valence-electron chi connectivity index (χ0n) is 17.4. The molecule has 2 amide bonds. The topological polar surface area (TPSA) is 105 Å². The van der Waals surface area contributed by atoms with Crippen LogP contribution in [0.5, 0.6) is 0 Å². The Morgan fingerprint density at radius 2 is 1.72 bits per heavy atom. The van der Waals surface area contributed by atoms with Crippen molar-refractivity contribution >= 4 is 33.0 Å². The number of anilines is 1. The number of benzene rings is 1. The first-order valence-electron chi connectivity index (χ1n) is 9.23. The Kier molecular flexibility index (Phi) is 6.89. The fourth-order valence-electron chi connectivity index (χ4n) is 2.79. The molecule has 0 bridgehead atoms. The Morgan fingerprint density at radius 3 is 2.14 bits per heavy atom. The van der Waals surface area contributed by atoms with Gasteiger partial charge in [0.15, 0.2) is 9.92 Å². The molecule has 2 aromatic rings. The zero-order valence-corrected chi connectivity index (χ0v) is 19.1. The van der Waals surface area contributed by atoms with Crippen LogP contribution in [0.25, 0.3) is 0 Å². The van der Waals surface area contributed by atoms with Gasteiger partial charge in [-0.15, -0.1) is 15.7 Å².